The minimum Gasteiger partial charge on any atom is -0.459 e. The first-order chi connectivity index (χ1) is 14.8. The van der Waals surface area contributed by atoms with Crippen LogP contribution in [-0.2, 0) is 23.1 Å². The number of para-hydroxylation sites is 2. The van der Waals surface area contributed by atoms with Gasteiger partial charge in [0.25, 0.3) is 5.82 Å². The summed E-state index contributed by atoms with van der Waals surface area (Å²) in [6.07, 6.45) is 3.18. The molecule has 4 nitrogen and oxygen atoms in total. The van der Waals surface area contributed by atoms with E-state index in [0.717, 1.165) is 35.3 Å². The number of fused-ring (bicyclic) bond motifs is 1. The molecule has 1 aromatic heterocycles. The van der Waals surface area contributed by atoms with E-state index in [9.17, 15) is 9.18 Å². The standard InChI is InChI=1S/C26H32FN2O2/c1-17(2)21-13-12-18(3)14-24(21)31-25(30)16-29-23-11-6-5-10-22(23)28(4)26(29)19-8-7-9-20(27)15-19/h5-11,15,17-18,21,24H,12-14,16H2,1-4H3/q+1/t18-,21+,24-/m1/s1. The van der Waals surface area contributed by atoms with E-state index in [0.29, 0.717) is 17.8 Å². The Morgan fingerprint density at radius 1 is 1.19 bits per heavy atom. The van der Waals surface area contributed by atoms with Crippen LogP contribution >= 0.6 is 0 Å². The van der Waals surface area contributed by atoms with Crippen LogP contribution in [0.4, 0.5) is 4.39 Å². The lowest BCUT2D eigenvalue weighted by molar-refractivity contribution is -0.634. The zero-order chi connectivity index (χ0) is 22.1. The Bertz CT molecular complexity index is 1090. The van der Waals surface area contributed by atoms with Gasteiger partial charge in [0.05, 0.1) is 12.6 Å². The van der Waals surface area contributed by atoms with Crippen molar-refractivity contribution in [1.29, 1.82) is 0 Å². The monoisotopic (exact) mass is 423 g/mol. The van der Waals surface area contributed by atoms with E-state index in [-0.39, 0.29) is 24.4 Å². The highest BCUT2D eigenvalue weighted by atomic mass is 19.1. The van der Waals surface area contributed by atoms with Crippen molar-refractivity contribution in [2.24, 2.45) is 24.8 Å². The lowest BCUT2D eigenvalue weighted by atomic mass is 9.75. The normalized spacial score (nSPS) is 21.5. The van der Waals surface area contributed by atoms with Gasteiger partial charge < -0.3 is 4.74 Å². The van der Waals surface area contributed by atoms with Crippen LogP contribution in [0.25, 0.3) is 22.4 Å². The van der Waals surface area contributed by atoms with Crippen molar-refractivity contribution in [2.45, 2.75) is 52.7 Å². The molecular formula is C26H32FN2O2+. The highest BCUT2D eigenvalue weighted by molar-refractivity contribution is 5.79. The van der Waals surface area contributed by atoms with Crippen LogP contribution in [0.1, 0.15) is 40.0 Å². The van der Waals surface area contributed by atoms with Gasteiger partial charge in [0.15, 0.2) is 17.6 Å². The fraction of sp³-hybridized carbons (Fsp3) is 0.462. The molecule has 31 heavy (non-hydrogen) atoms. The molecule has 1 heterocycles. The van der Waals surface area contributed by atoms with Crippen molar-refractivity contribution in [2.75, 3.05) is 0 Å². The number of halogens is 1. The summed E-state index contributed by atoms with van der Waals surface area (Å²) in [5.41, 5.74) is 2.65. The number of imidazole rings is 1. The average molecular weight is 424 g/mol. The van der Waals surface area contributed by atoms with Crippen molar-refractivity contribution < 1.29 is 18.5 Å². The lowest BCUT2D eigenvalue weighted by Gasteiger charge is -2.36. The van der Waals surface area contributed by atoms with Crippen LogP contribution < -0.4 is 4.57 Å². The fourth-order valence-corrected chi connectivity index (χ4v) is 5.11. The van der Waals surface area contributed by atoms with Gasteiger partial charge in [0, 0.05) is 0 Å². The molecule has 1 aliphatic rings. The predicted molar refractivity (Wildman–Crippen MR) is 120 cm³/mol. The minimum absolute atomic E-state index is 0.0375. The molecule has 0 N–H and O–H groups in total. The van der Waals surface area contributed by atoms with E-state index in [1.54, 1.807) is 6.07 Å². The van der Waals surface area contributed by atoms with Gasteiger partial charge in [-0.3, -0.25) is 0 Å². The molecule has 0 saturated heterocycles. The third kappa shape index (κ3) is 4.36. The summed E-state index contributed by atoms with van der Waals surface area (Å²) in [5.74, 6) is 1.71. The smallest absolute Gasteiger partial charge is 0.348 e. The van der Waals surface area contributed by atoms with Gasteiger partial charge in [0.2, 0.25) is 0 Å². The Balaban J connectivity index is 1.68. The molecule has 0 amide bonds. The van der Waals surface area contributed by atoms with Crippen molar-refractivity contribution in [3.8, 4) is 11.4 Å². The molecule has 1 fully saturated rings. The number of hydrogen-bond donors (Lipinski definition) is 0. The van der Waals surface area contributed by atoms with E-state index >= 15 is 0 Å². The second-order valence-electron chi connectivity index (χ2n) is 9.32. The third-order valence-corrected chi connectivity index (χ3v) is 6.72. The molecule has 0 unspecified atom stereocenters. The number of aromatic nitrogens is 2. The first-order valence-electron chi connectivity index (χ1n) is 11.3. The Morgan fingerprint density at radius 3 is 2.71 bits per heavy atom. The van der Waals surface area contributed by atoms with Gasteiger partial charge in [-0.25, -0.2) is 18.3 Å². The maximum absolute atomic E-state index is 14.0. The predicted octanol–water partition coefficient (Wildman–Crippen LogP) is 5.28. The summed E-state index contributed by atoms with van der Waals surface area (Å²) in [6, 6.07) is 14.4. The van der Waals surface area contributed by atoms with Gasteiger partial charge in [-0.1, -0.05) is 45.4 Å². The van der Waals surface area contributed by atoms with Gasteiger partial charge in [0.1, 0.15) is 11.9 Å². The van der Waals surface area contributed by atoms with Crippen molar-refractivity contribution >= 4 is 17.0 Å². The summed E-state index contributed by atoms with van der Waals surface area (Å²) in [6.45, 7) is 6.76. The Kier molecular flexibility index (Phi) is 6.12. The lowest BCUT2D eigenvalue weighted by Crippen LogP contribution is -2.37. The molecule has 3 aromatic rings. The Hall–Kier alpha value is -2.69. The van der Waals surface area contributed by atoms with Crippen molar-refractivity contribution in [3.05, 3.63) is 54.3 Å². The van der Waals surface area contributed by atoms with Gasteiger partial charge in [-0.2, -0.15) is 0 Å². The van der Waals surface area contributed by atoms with E-state index in [1.807, 2.05) is 46.5 Å². The number of aryl methyl sites for hydroxylation is 1. The molecular weight excluding hydrogens is 391 g/mol. The fourth-order valence-electron chi connectivity index (χ4n) is 5.11. The number of carbonyl (C=O) groups excluding carboxylic acids is 1. The van der Waals surface area contributed by atoms with Crippen LogP contribution in [0.2, 0.25) is 0 Å². The van der Waals surface area contributed by atoms with Crippen LogP contribution in [0.15, 0.2) is 48.5 Å². The molecule has 0 radical (unpaired) electrons. The molecule has 4 rings (SSSR count). The number of esters is 1. The van der Waals surface area contributed by atoms with Crippen molar-refractivity contribution in [1.82, 2.24) is 4.57 Å². The van der Waals surface area contributed by atoms with Crippen LogP contribution in [0.3, 0.4) is 0 Å². The number of nitrogens with zero attached hydrogens (tertiary/aromatic N) is 2. The molecule has 0 spiro atoms. The Labute approximate surface area is 183 Å². The highest BCUT2D eigenvalue weighted by Gasteiger charge is 2.34. The summed E-state index contributed by atoms with van der Waals surface area (Å²) < 4.78 is 24.0. The maximum atomic E-state index is 14.0. The van der Waals surface area contributed by atoms with Gasteiger partial charge in [-0.15, -0.1) is 0 Å². The van der Waals surface area contributed by atoms with Gasteiger partial charge in [-0.05, 0) is 60.9 Å². The molecule has 2 aromatic carbocycles. The second-order valence-corrected chi connectivity index (χ2v) is 9.32. The van der Waals surface area contributed by atoms with Crippen molar-refractivity contribution in [3.63, 3.8) is 0 Å². The quantitative estimate of drug-likeness (QED) is 0.414. The summed E-state index contributed by atoms with van der Waals surface area (Å²) >= 11 is 0. The Morgan fingerprint density at radius 2 is 1.97 bits per heavy atom. The van der Waals surface area contributed by atoms with Crippen LogP contribution in [-0.4, -0.2) is 16.6 Å². The second kappa shape index (κ2) is 8.81. The van der Waals surface area contributed by atoms with E-state index in [1.165, 1.54) is 18.6 Å². The van der Waals surface area contributed by atoms with Crippen LogP contribution in [0, 0.1) is 23.6 Å². The van der Waals surface area contributed by atoms with Gasteiger partial charge >= 0.3 is 5.97 Å². The molecule has 3 atom stereocenters. The molecule has 1 saturated carbocycles. The molecule has 1 aliphatic carbocycles. The summed E-state index contributed by atoms with van der Waals surface area (Å²) in [4.78, 5) is 13.1. The van der Waals surface area contributed by atoms with E-state index in [2.05, 4.69) is 20.8 Å². The minimum atomic E-state index is -0.298. The molecule has 0 aliphatic heterocycles. The third-order valence-electron chi connectivity index (χ3n) is 6.72. The number of ether oxygens (including phenoxy) is 1. The highest BCUT2D eigenvalue weighted by Crippen LogP contribution is 2.35. The van der Waals surface area contributed by atoms with Crippen LogP contribution in [0.5, 0.6) is 0 Å². The SMILES string of the molecule is CC(C)[C@@H]1CC[C@@H](C)C[C@H]1OC(=O)Cn1c(-c2cccc(F)c2)[n+](C)c2ccccc21. The molecule has 0 bridgehead atoms. The zero-order valence-electron chi connectivity index (χ0n) is 18.8. The largest absolute Gasteiger partial charge is 0.459 e. The number of carbonyl (C=O) groups is 1. The average Bonchev–Trinajstić information content (AvgIpc) is 2.99. The van der Waals surface area contributed by atoms with E-state index in [4.69, 9.17) is 4.74 Å². The maximum Gasteiger partial charge on any atom is 0.348 e. The van der Waals surface area contributed by atoms with E-state index < -0.39 is 0 Å². The number of hydrogen-bond acceptors (Lipinski definition) is 2. The first-order valence-corrected chi connectivity index (χ1v) is 11.3. The summed E-state index contributed by atoms with van der Waals surface area (Å²) in [5, 5.41) is 0. The number of rotatable bonds is 5. The first kappa shape index (κ1) is 21.5. The molecule has 5 heteroatoms. The zero-order valence-corrected chi connectivity index (χ0v) is 18.8. The molecule has 164 valence electrons. The summed E-state index contributed by atoms with van der Waals surface area (Å²) in [7, 11) is 1.95. The number of benzene rings is 2. The topological polar surface area (TPSA) is 35.1 Å².